The second kappa shape index (κ2) is 6.72. The summed E-state index contributed by atoms with van der Waals surface area (Å²) in [6, 6.07) is 8.48. The number of imide groups is 1. The Morgan fingerprint density at radius 3 is 2.42 bits per heavy atom. The molecule has 1 N–H and O–H groups in total. The summed E-state index contributed by atoms with van der Waals surface area (Å²) in [6.45, 7) is 1.92. The van der Waals surface area contributed by atoms with Crippen LogP contribution < -0.4 is 10.4 Å². The van der Waals surface area contributed by atoms with Gasteiger partial charge in [-0.1, -0.05) is 15.9 Å². The highest BCUT2D eigenvalue weighted by molar-refractivity contribution is 9.10. The Bertz CT molecular complexity index is 970. The first-order valence-electron chi connectivity index (χ1n) is 7.66. The summed E-state index contributed by atoms with van der Waals surface area (Å²) in [4.78, 5) is 49.1. The molecule has 0 unspecified atom stereocenters. The third-order valence-corrected chi connectivity index (χ3v) is 4.49. The van der Waals surface area contributed by atoms with E-state index in [2.05, 4.69) is 21.2 Å². The molecule has 132 valence electrons. The molecule has 0 saturated heterocycles. The quantitative estimate of drug-likeness (QED) is 0.764. The van der Waals surface area contributed by atoms with Crippen LogP contribution in [0.15, 0.2) is 40.9 Å². The van der Waals surface area contributed by atoms with Crippen molar-refractivity contribution in [2.45, 2.75) is 6.92 Å². The van der Waals surface area contributed by atoms with Gasteiger partial charge < -0.3 is 15.2 Å². The van der Waals surface area contributed by atoms with Gasteiger partial charge in [-0.05, 0) is 43.3 Å². The molecule has 0 radical (unpaired) electrons. The van der Waals surface area contributed by atoms with Gasteiger partial charge in [-0.15, -0.1) is 0 Å². The number of nitrogens with one attached hydrogen (secondary N) is 1. The topological polar surface area (TPSA) is 107 Å². The molecule has 0 aromatic heterocycles. The number of halogens is 1. The van der Waals surface area contributed by atoms with Gasteiger partial charge in [0.2, 0.25) is 0 Å². The van der Waals surface area contributed by atoms with E-state index in [9.17, 15) is 24.3 Å². The molecule has 1 aliphatic heterocycles. The minimum absolute atomic E-state index is 0.0660. The molecule has 3 amide bonds. The van der Waals surface area contributed by atoms with Crippen molar-refractivity contribution in [3.63, 3.8) is 0 Å². The Labute approximate surface area is 156 Å². The van der Waals surface area contributed by atoms with E-state index >= 15 is 0 Å². The average Bonchev–Trinajstić information content (AvgIpc) is 2.86. The number of benzene rings is 2. The maximum Gasteiger partial charge on any atom is 0.261 e. The van der Waals surface area contributed by atoms with Gasteiger partial charge in [-0.3, -0.25) is 19.3 Å². The van der Waals surface area contributed by atoms with Crippen LogP contribution in [0.5, 0.6) is 0 Å². The SMILES string of the molecule is CCN1C(=O)c2ccc(C(=O)Nc3ccc(Br)cc3C(=O)[O-])cc2C1=O. The standard InChI is InChI=1S/C18H13BrN2O5/c1-2-21-16(23)11-5-3-9(7-12(11)17(21)24)15(22)20-14-6-4-10(19)8-13(14)18(25)26/h3-8H,2H2,1H3,(H,20,22)(H,25,26)/p-1. The number of aromatic carboxylic acids is 1. The molecule has 1 aliphatic rings. The highest BCUT2D eigenvalue weighted by Gasteiger charge is 2.34. The molecule has 0 aliphatic carbocycles. The largest absolute Gasteiger partial charge is 0.545 e. The molecule has 8 heteroatoms. The van der Waals surface area contributed by atoms with Gasteiger partial charge in [0.1, 0.15) is 0 Å². The van der Waals surface area contributed by atoms with E-state index in [1.54, 1.807) is 13.0 Å². The molecule has 0 atom stereocenters. The zero-order chi connectivity index (χ0) is 19.0. The van der Waals surface area contributed by atoms with E-state index in [0.717, 1.165) is 4.90 Å². The molecule has 7 nitrogen and oxygen atoms in total. The van der Waals surface area contributed by atoms with Gasteiger partial charge in [-0.2, -0.15) is 0 Å². The average molecular weight is 416 g/mol. The fourth-order valence-corrected chi connectivity index (χ4v) is 3.07. The monoisotopic (exact) mass is 415 g/mol. The predicted octanol–water partition coefficient (Wildman–Crippen LogP) is 1.68. The zero-order valence-electron chi connectivity index (χ0n) is 13.5. The third-order valence-electron chi connectivity index (χ3n) is 4.00. The van der Waals surface area contributed by atoms with Crippen LogP contribution in [0, 0.1) is 0 Å². The fourth-order valence-electron chi connectivity index (χ4n) is 2.71. The number of carboxylic acids is 1. The molecule has 3 rings (SSSR count). The molecule has 26 heavy (non-hydrogen) atoms. The first-order chi connectivity index (χ1) is 12.3. The number of fused-ring (bicyclic) bond motifs is 1. The fraction of sp³-hybridized carbons (Fsp3) is 0.111. The van der Waals surface area contributed by atoms with Crippen LogP contribution in [0.25, 0.3) is 0 Å². The second-order valence-electron chi connectivity index (χ2n) is 5.55. The predicted molar refractivity (Wildman–Crippen MR) is 93.9 cm³/mol. The summed E-state index contributed by atoms with van der Waals surface area (Å²) in [5, 5.41) is 13.7. The number of rotatable bonds is 4. The molecule has 0 saturated carbocycles. The highest BCUT2D eigenvalue weighted by Crippen LogP contribution is 2.25. The van der Waals surface area contributed by atoms with Crippen LogP contribution in [-0.4, -0.2) is 35.1 Å². The van der Waals surface area contributed by atoms with Crippen molar-refractivity contribution in [3.05, 3.63) is 63.1 Å². The number of amides is 3. The molecule has 1 heterocycles. The number of carbonyl (C=O) groups excluding carboxylic acids is 4. The zero-order valence-corrected chi connectivity index (χ0v) is 15.1. The number of carboxylic acid groups (broad SMARTS) is 1. The molecule has 2 aromatic rings. The summed E-state index contributed by atoms with van der Waals surface area (Å²) < 4.78 is 0.524. The lowest BCUT2D eigenvalue weighted by Gasteiger charge is -2.12. The van der Waals surface area contributed by atoms with E-state index in [1.165, 1.54) is 30.3 Å². The van der Waals surface area contributed by atoms with Crippen LogP contribution in [0.3, 0.4) is 0 Å². The molecule has 0 bridgehead atoms. The summed E-state index contributed by atoms with van der Waals surface area (Å²) >= 11 is 3.16. The van der Waals surface area contributed by atoms with Gasteiger partial charge in [0.25, 0.3) is 17.7 Å². The van der Waals surface area contributed by atoms with E-state index in [1.807, 2.05) is 0 Å². The molecular formula is C18H12BrN2O5-. The normalized spacial score (nSPS) is 12.9. The number of nitrogens with zero attached hydrogens (tertiary/aromatic N) is 1. The lowest BCUT2D eigenvalue weighted by atomic mass is 10.0. The Kier molecular flexibility index (Phi) is 4.60. The number of hydrogen-bond acceptors (Lipinski definition) is 5. The van der Waals surface area contributed by atoms with Crippen LogP contribution in [0.1, 0.15) is 48.4 Å². The van der Waals surface area contributed by atoms with Gasteiger partial charge in [0, 0.05) is 22.1 Å². The first kappa shape index (κ1) is 17.8. The van der Waals surface area contributed by atoms with Gasteiger partial charge >= 0.3 is 0 Å². The number of carbonyl (C=O) groups is 4. The van der Waals surface area contributed by atoms with E-state index < -0.39 is 23.7 Å². The van der Waals surface area contributed by atoms with Gasteiger partial charge in [-0.25, -0.2) is 0 Å². The van der Waals surface area contributed by atoms with Crippen LogP contribution in [-0.2, 0) is 0 Å². The Morgan fingerprint density at radius 1 is 1.08 bits per heavy atom. The maximum atomic E-state index is 12.5. The van der Waals surface area contributed by atoms with E-state index in [4.69, 9.17) is 0 Å². The lowest BCUT2D eigenvalue weighted by Crippen LogP contribution is -2.29. The van der Waals surface area contributed by atoms with E-state index in [-0.39, 0.29) is 34.5 Å². The Morgan fingerprint density at radius 2 is 1.77 bits per heavy atom. The van der Waals surface area contributed by atoms with Crippen molar-refractivity contribution in [1.29, 1.82) is 0 Å². The lowest BCUT2D eigenvalue weighted by molar-refractivity contribution is -0.254. The van der Waals surface area contributed by atoms with Crippen molar-refractivity contribution in [3.8, 4) is 0 Å². The van der Waals surface area contributed by atoms with Gasteiger partial charge in [0.15, 0.2) is 0 Å². The van der Waals surface area contributed by atoms with Crippen LogP contribution >= 0.6 is 15.9 Å². The third kappa shape index (κ3) is 2.99. The molecule has 0 spiro atoms. The van der Waals surface area contributed by atoms with Crippen molar-refractivity contribution in [1.82, 2.24) is 4.90 Å². The second-order valence-corrected chi connectivity index (χ2v) is 6.46. The summed E-state index contributed by atoms with van der Waals surface area (Å²) in [6.07, 6.45) is 0. The molecule has 2 aromatic carbocycles. The molecular weight excluding hydrogens is 404 g/mol. The number of anilines is 1. The number of hydrogen-bond donors (Lipinski definition) is 1. The summed E-state index contributed by atoms with van der Waals surface area (Å²) in [5.41, 5.74) is 0.413. The first-order valence-corrected chi connectivity index (χ1v) is 8.45. The maximum absolute atomic E-state index is 12.5. The van der Waals surface area contributed by atoms with Gasteiger partial charge in [0.05, 0.1) is 22.8 Å². The summed E-state index contributed by atoms with van der Waals surface area (Å²) in [7, 11) is 0. The smallest absolute Gasteiger partial charge is 0.261 e. The Balaban J connectivity index is 1.92. The Hall–Kier alpha value is -3.00. The molecule has 0 fully saturated rings. The minimum atomic E-state index is -1.44. The van der Waals surface area contributed by atoms with Crippen LogP contribution in [0.2, 0.25) is 0 Å². The van der Waals surface area contributed by atoms with Crippen molar-refractivity contribution < 1.29 is 24.3 Å². The summed E-state index contributed by atoms with van der Waals surface area (Å²) in [5.74, 6) is -2.89. The van der Waals surface area contributed by atoms with Crippen molar-refractivity contribution >= 4 is 45.3 Å². The van der Waals surface area contributed by atoms with E-state index in [0.29, 0.717) is 4.47 Å². The van der Waals surface area contributed by atoms with Crippen molar-refractivity contribution in [2.24, 2.45) is 0 Å². The highest BCUT2D eigenvalue weighted by atomic mass is 79.9. The van der Waals surface area contributed by atoms with Crippen molar-refractivity contribution in [2.75, 3.05) is 11.9 Å². The minimum Gasteiger partial charge on any atom is -0.545 e. The van der Waals surface area contributed by atoms with Crippen LogP contribution in [0.4, 0.5) is 5.69 Å².